The number of anilines is 1. The molecule has 7 heteroatoms. The molecule has 0 bridgehead atoms. The number of nitrogens with zero attached hydrogens (tertiary/aromatic N) is 1. The van der Waals surface area contributed by atoms with Gasteiger partial charge in [-0.25, -0.2) is 8.42 Å². The fourth-order valence-electron chi connectivity index (χ4n) is 2.74. The first-order valence-corrected chi connectivity index (χ1v) is 10.6. The maximum atomic E-state index is 12.5. The van der Waals surface area contributed by atoms with Crippen molar-refractivity contribution in [2.75, 3.05) is 23.7 Å². The lowest BCUT2D eigenvalue weighted by molar-refractivity contribution is -0.120. The number of benzene rings is 2. The number of aryl methyl sites for hydroxylation is 1. The predicted molar refractivity (Wildman–Crippen MR) is 108 cm³/mol. The average molecular weight is 391 g/mol. The Morgan fingerprint density at radius 2 is 1.78 bits per heavy atom. The molecule has 0 spiro atoms. The molecule has 146 valence electrons. The Labute approximate surface area is 161 Å². The number of para-hydroxylation sites is 1. The molecule has 1 atom stereocenters. The Bertz CT molecular complexity index is 879. The van der Waals surface area contributed by atoms with Crippen molar-refractivity contribution in [3.63, 3.8) is 0 Å². The van der Waals surface area contributed by atoms with Gasteiger partial charge in [-0.15, -0.1) is 0 Å². The van der Waals surface area contributed by atoms with Crippen LogP contribution in [-0.2, 0) is 14.8 Å². The third kappa shape index (κ3) is 5.72. The second-order valence-electron chi connectivity index (χ2n) is 6.35. The van der Waals surface area contributed by atoms with Crippen LogP contribution in [0.15, 0.2) is 48.5 Å². The maximum Gasteiger partial charge on any atom is 0.241 e. The highest BCUT2D eigenvalue weighted by Gasteiger charge is 2.23. The van der Waals surface area contributed by atoms with Crippen LogP contribution in [0.25, 0.3) is 0 Å². The van der Waals surface area contributed by atoms with Gasteiger partial charge in [-0.2, -0.15) is 0 Å². The zero-order valence-electron chi connectivity index (χ0n) is 16.1. The van der Waals surface area contributed by atoms with Crippen LogP contribution in [0, 0.1) is 6.92 Å². The highest BCUT2D eigenvalue weighted by atomic mass is 32.2. The number of sulfonamides is 1. The standard InChI is InChI=1S/C20H26N2O4S/c1-5-26-18-12-10-17(11-13-18)16(3)21-20(23)14-22(27(4,24)25)19-9-7-6-8-15(19)2/h6-13,16H,5,14H2,1-4H3,(H,21,23)/t16-/m1/s1. The normalized spacial score (nSPS) is 12.3. The van der Waals surface area contributed by atoms with Crippen LogP contribution in [0.1, 0.15) is 31.0 Å². The van der Waals surface area contributed by atoms with Gasteiger partial charge in [0.25, 0.3) is 0 Å². The van der Waals surface area contributed by atoms with E-state index in [4.69, 9.17) is 4.74 Å². The first-order valence-electron chi connectivity index (χ1n) is 8.77. The third-order valence-corrected chi connectivity index (χ3v) is 5.27. The van der Waals surface area contributed by atoms with Crippen molar-refractivity contribution in [2.45, 2.75) is 26.8 Å². The van der Waals surface area contributed by atoms with Gasteiger partial charge < -0.3 is 10.1 Å². The summed E-state index contributed by atoms with van der Waals surface area (Å²) in [6.07, 6.45) is 1.10. The number of hydrogen-bond donors (Lipinski definition) is 1. The molecule has 2 aromatic carbocycles. The van der Waals surface area contributed by atoms with Gasteiger partial charge in [0.15, 0.2) is 0 Å². The Hall–Kier alpha value is -2.54. The molecule has 1 amide bonds. The quantitative estimate of drug-likeness (QED) is 0.752. The predicted octanol–water partition coefficient (Wildman–Crippen LogP) is 3.04. The van der Waals surface area contributed by atoms with Crippen molar-refractivity contribution in [1.82, 2.24) is 5.32 Å². The smallest absolute Gasteiger partial charge is 0.241 e. The summed E-state index contributed by atoms with van der Waals surface area (Å²) in [7, 11) is -3.59. The SMILES string of the molecule is CCOc1ccc([C@@H](C)NC(=O)CN(c2ccccc2C)S(C)(=O)=O)cc1. The Morgan fingerprint density at radius 1 is 1.15 bits per heavy atom. The highest BCUT2D eigenvalue weighted by molar-refractivity contribution is 7.92. The van der Waals surface area contributed by atoms with Crippen LogP contribution >= 0.6 is 0 Å². The van der Waals surface area contributed by atoms with Crippen LogP contribution in [-0.4, -0.2) is 33.7 Å². The van der Waals surface area contributed by atoms with Gasteiger partial charge >= 0.3 is 0 Å². The lowest BCUT2D eigenvalue weighted by Gasteiger charge is -2.24. The summed E-state index contributed by atoms with van der Waals surface area (Å²) >= 11 is 0. The molecule has 0 aliphatic heterocycles. The van der Waals surface area contributed by atoms with Gasteiger partial charge in [0.2, 0.25) is 15.9 Å². The van der Waals surface area contributed by atoms with Crippen molar-refractivity contribution in [2.24, 2.45) is 0 Å². The number of nitrogens with one attached hydrogen (secondary N) is 1. The van der Waals surface area contributed by atoms with E-state index >= 15 is 0 Å². The van der Waals surface area contributed by atoms with E-state index in [1.165, 1.54) is 0 Å². The van der Waals surface area contributed by atoms with E-state index < -0.39 is 10.0 Å². The van der Waals surface area contributed by atoms with Gasteiger partial charge in [-0.1, -0.05) is 30.3 Å². The summed E-state index contributed by atoms with van der Waals surface area (Å²) in [5.41, 5.74) is 2.20. The maximum absolute atomic E-state index is 12.5. The van der Waals surface area contributed by atoms with Crippen LogP contribution < -0.4 is 14.4 Å². The molecule has 2 rings (SSSR count). The summed E-state index contributed by atoms with van der Waals surface area (Å²) in [5.74, 6) is 0.396. The van der Waals surface area contributed by atoms with E-state index in [-0.39, 0.29) is 18.5 Å². The lowest BCUT2D eigenvalue weighted by atomic mass is 10.1. The zero-order valence-corrected chi connectivity index (χ0v) is 16.9. The molecule has 6 nitrogen and oxygen atoms in total. The summed E-state index contributed by atoms with van der Waals surface area (Å²) < 4.78 is 31.0. The van der Waals surface area contributed by atoms with Crippen molar-refractivity contribution in [1.29, 1.82) is 0 Å². The van der Waals surface area contributed by atoms with E-state index in [0.29, 0.717) is 12.3 Å². The van der Waals surface area contributed by atoms with Crippen LogP contribution in [0.3, 0.4) is 0 Å². The highest BCUT2D eigenvalue weighted by Crippen LogP contribution is 2.22. The third-order valence-electron chi connectivity index (χ3n) is 4.14. The first kappa shape index (κ1) is 20.8. The lowest BCUT2D eigenvalue weighted by Crippen LogP contribution is -2.41. The van der Waals surface area contributed by atoms with E-state index in [1.807, 2.05) is 57.2 Å². The van der Waals surface area contributed by atoms with Crippen LogP contribution in [0.5, 0.6) is 5.75 Å². The van der Waals surface area contributed by atoms with Crippen LogP contribution in [0.4, 0.5) is 5.69 Å². The molecule has 0 radical (unpaired) electrons. The molecule has 0 aliphatic carbocycles. The first-order chi connectivity index (χ1) is 12.7. The number of amides is 1. The Kier molecular flexibility index (Phi) is 6.85. The van der Waals surface area contributed by atoms with Gasteiger partial charge in [0, 0.05) is 0 Å². The Balaban J connectivity index is 2.10. The van der Waals surface area contributed by atoms with E-state index in [0.717, 1.165) is 27.4 Å². The van der Waals surface area contributed by atoms with Gasteiger partial charge in [-0.05, 0) is 50.1 Å². The molecule has 0 saturated heterocycles. The zero-order chi connectivity index (χ0) is 20.0. The van der Waals surface area contributed by atoms with E-state index in [2.05, 4.69) is 5.32 Å². The molecular formula is C20H26N2O4S. The van der Waals surface area contributed by atoms with Gasteiger partial charge in [0.05, 0.1) is 24.6 Å². The molecule has 0 saturated carbocycles. The topological polar surface area (TPSA) is 75.7 Å². The Morgan fingerprint density at radius 3 is 2.33 bits per heavy atom. The molecule has 27 heavy (non-hydrogen) atoms. The van der Waals surface area contributed by atoms with Crippen molar-refractivity contribution in [3.8, 4) is 5.75 Å². The largest absolute Gasteiger partial charge is 0.494 e. The minimum absolute atomic E-state index is 0.258. The minimum atomic E-state index is -3.59. The second kappa shape index (κ2) is 8.90. The number of ether oxygens (including phenoxy) is 1. The number of hydrogen-bond acceptors (Lipinski definition) is 4. The summed E-state index contributed by atoms with van der Waals surface area (Å²) in [6.45, 7) is 5.90. The molecule has 0 heterocycles. The van der Waals surface area contributed by atoms with Crippen molar-refractivity contribution >= 4 is 21.6 Å². The summed E-state index contributed by atoms with van der Waals surface area (Å²) in [6, 6.07) is 14.3. The van der Waals surface area contributed by atoms with Gasteiger partial charge in [0.1, 0.15) is 12.3 Å². The molecule has 0 unspecified atom stereocenters. The fourth-order valence-corrected chi connectivity index (χ4v) is 3.66. The molecule has 0 aromatic heterocycles. The summed E-state index contributed by atoms with van der Waals surface area (Å²) in [5, 5.41) is 2.85. The number of carbonyl (C=O) groups excluding carboxylic acids is 1. The van der Waals surface area contributed by atoms with E-state index in [1.54, 1.807) is 12.1 Å². The van der Waals surface area contributed by atoms with Crippen LogP contribution in [0.2, 0.25) is 0 Å². The van der Waals surface area contributed by atoms with Crippen molar-refractivity contribution < 1.29 is 17.9 Å². The second-order valence-corrected chi connectivity index (χ2v) is 8.25. The fraction of sp³-hybridized carbons (Fsp3) is 0.350. The molecule has 0 fully saturated rings. The molecule has 0 aliphatic rings. The molecule has 2 aromatic rings. The number of carbonyl (C=O) groups is 1. The minimum Gasteiger partial charge on any atom is -0.494 e. The molecule has 1 N–H and O–H groups in total. The van der Waals surface area contributed by atoms with E-state index in [9.17, 15) is 13.2 Å². The summed E-state index contributed by atoms with van der Waals surface area (Å²) in [4.78, 5) is 12.5. The van der Waals surface area contributed by atoms with Crippen molar-refractivity contribution in [3.05, 3.63) is 59.7 Å². The average Bonchev–Trinajstić information content (AvgIpc) is 2.60. The molecular weight excluding hydrogens is 364 g/mol. The number of rotatable bonds is 8. The monoisotopic (exact) mass is 390 g/mol. The van der Waals surface area contributed by atoms with Gasteiger partial charge in [-0.3, -0.25) is 9.10 Å².